The van der Waals surface area contributed by atoms with Crippen LogP contribution in [0.15, 0.2) is 0 Å². The molecule has 4 nitrogen and oxygen atoms in total. The van der Waals surface area contributed by atoms with Crippen LogP contribution in [0.5, 0.6) is 0 Å². The molecule has 0 fully saturated rings. The second-order valence-corrected chi connectivity index (χ2v) is 3.66. The third-order valence-electron chi connectivity index (χ3n) is 1.88. The minimum atomic E-state index is -0.121. The molecule has 0 saturated heterocycles. The summed E-state index contributed by atoms with van der Waals surface area (Å²) in [5.41, 5.74) is 0. The molecule has 0 aromatic rings. The SMILES string of the molecule is CCOC(=O)C(C)CNCCN(C)C. The maximum Gasteiger partial charge on any atom is 0.309 e. The summed E-state index contributed by atoms with van der Waals surface area (Å²) in [6.07, 6.45) is 0. The average Bonchev–Trinajstić information content (AvgIpc) is 2.12. The van der Waals surface area contributed by atoms with Gasteiger partial charge in [-0.3, -0.25) is 4.79 Å². The van der Waals surface area contributed by atoms with Crippen LogP contribution in [0.2, 0.25) is 0 Å². The minimum Gasteiger partial charge on any atom is -0.466 e. The lowest BCUT2D eigenvalue weighted by Gasteiger charge is -2.13. The first-order chi connectivity index (χ1) is 6.57. The van der Waals surface area contributed by atoms with Gasteiger partial charge in [-0.05, 0) is 21.0 Å². The van der Waals surface area contributed by atoms with E-state index < -0.39 is 0 Å². The first kappa shape index (κ1) is 13.4. The Hall–Kier alpha value is -0.610. The quantitative estimate of drug-likeness (QED) is 0.477. The van der Waals surface area contributed by atoms with E-state index in [2.05, 4.69) is 10.2 Å². The molecule has 0 aliphatic rings. The number of rotatable bonds is 7. The van der Waals surface area contributed by atoms with Gasteiger partial charge in [0.05, 0.1) is 12.5 Å². The largest absolute Gasteiger partial charge is 0.466 e. The number of likely N-dealkylation sites (N-methyl/N-ethyl adjacent to an activating group) is 1. The summed E-state index contributed by atoms with van der Waals surface area (Å²) in [4.78, 5) is 13.3. The number of hydrogen-bond donors (Lipinski definition) is 1. The van der Waals surface area contributed by atoms with Gasteiger partial charge in [-0.25, -0.2) is 0 Å². The van der Waals surface area contributed by atoms with E-state index >= 15 is 0 Å². The summed E-state index contributed by atoms with van der Waals surface area (Å²) in [6.45, 7) is 6.73. The number of nitrogens with zero attached hydrogens (tertiary/aromatic N) is 1. The molecule has 84 valence electrons. The third-order valence-corrected chi connectivity index (χ3v) is 1.88. The van der Waals surface area contributed by atoms with E-state index in [1.165, 1.54) is 0 Å². The van der Waals surface area contributed by atoms with Crippen LogP contribution in [-0.4, -0.2) is 51.2 Å². The Morgan fingerprint density at radius 2 is 2.14 bits per heavy atom. The molecular weight excluding hydrogens is 180 g/mol. The predicted octanol–water partition coefficient (Wildman–Crippen LogP) is 0.337. The van der Waals surface area contributed by atoms with Crippen molar-refractivity contribution in [2.45, 2.75) is 13.8 Å². The summed E-state index contributed by atoms with van der Waals surface area (Å²) in [6, 6.07) is 0. The molecule has 4 heteroatoms. The van der Waals surface area contributed by atoms with Crippen LogP contribution in [0, 0.1) is 5.92 Å². The van der Waals surface area contributed by atoms with E-state index in [-0.39, 0.29) is 11.9 Å². The fourth-order valence-electron chi connectivity index (χ4n) is 0.989. The van der Waals surface area contributed by atoms with Crippen molar-refractivity contribution < 1.29 is 9.53 Å². The zero-order valence-corrected chi connectivity index (χ0v) is 9.67. The Balaban J connectivity index is 3.43. The first-order valence-corrected chi connectivity index (χ1v) is 5.10. The Kier molecular flexibility index (Phi) is 7.42. The third kappa shape index (κ3) is 6.86. The fourth-order valence-corrected chi connectivity index (χ4v) is 0.989. The van der Waals surface area contributed by atoms with Crippen molar-refractivity contribution in [3.63, 3.8) is 0 Å². The minimum absolute atomic E-state index is 0.0582. The first-order valence-electron chi connectivity index (χ1n) is 5.10. The van der Waals surface area contributed by atoms with Gasteiger partial charge in [-0.2, -0.15) is 0 Å². The van der Waals surface area contributed by atoms with Crippen LogP contribution in [0.4, 0.5) is 0 Å². The Labute approximate surface area is 86.6 Å². The number of carbonyl (C=O) groups excluding carboxylic acids is 1. The fraction of sp³-hybridized carbons (Fsp3) is 0.900. The van der Waals surface area contributed by atoms with Crippen LogP contribution < -0.4 is 5.32 Å². The van der Waals surface area contributed by atoms with Gasteiger partial charge in [-0.15, -0.1) is 0 Å². The average molecular weight is 202 g/mol. The van der Waals surface area contributed by atoms with Crippen LogP contribution in [-0.2, 0) is 9.53 Å². The van der Waals surface area contributed by atoms with Crippen molar-refractivity contribution >= 4 is 5.97 Å². The summed E-state index contributed by atoms with van der Waals surface area (Å²) in [5, 5.41) is 3.21. The summed E-state index contributed by atoms with van der Waals surface area (Å²) in [7, 11) is 4.05. The normalized spacial score (nSPS) is 12.9. The lowest BCUT2D eigenvalue weighted by molar-refractivity contribution is -0.147. The molecule has 1 N–H and O–H groups in total. The Morgan fingerprint density at radius 3 is 2.64 bits per heavy atom. The van der Waals surface area contributed by atoms with Crippen molar-refractivity contribution in [2.75, 3.05) is 40.3 Å². The molecule has 0 radical (unpaired) electrons. The standard InChI is InChI=1S/C10H22N2O2/c1-5-14-10(13)9(2)8-11-6-7-12(3)4/h9,11H,5-8H2,1-4H3. The van der Waals surface area contributed by atoms with Crippen molar-refractivity contribution in [1.82, 2.24) is 10.2 Å². The number of nitrogens with one attached hydrogen (secondary N) is 1. The van der Waals surface area contributed by atoms with Gasteiger partial charge in [-0.1, -0.05) is 6.92 Å². The highest BCUT2D eigenvalue weighted by molar-refractivity contribution is 5.72. The summed E-state index contributed by atoms with van der Waals surface area (Å²) in [5.74, 6) is -0.179. The highest BCUT2D eigenvalue weighted by atomic mass is 16.5. The van der Waals surface area contributed by atoms with Crippen molar-refractivity contribution in [2.24, 2.45) is 5.92 Å². The Morgan fingerprint density at radius 1 is 1.50 bits per heavy atom. The molecule has 0 aromatic heterocycles. The number of hydrogen-bond acceptors (Lipinski definition) is 4. The van der Waals surface area contributed by atoms with E-state index in [4.69, 9.17) is 4.74 Å². The molecule has 14 heavy (non-hydrogen) atoms. The van der Waals surface area contributed by atoms with Crippen molar-refractivity contribution in [3.8, 4) is 0 Å². The maximum atomic E-state index is 11.2. The topological polar surface area (TPSA) is 41.6 Å². The van der Waals surface area contributed by atoms with Gasteiger partial charge in [0.1, 0.15) is 0 Å². The van der Waals surface area contributed by atoms with Crippen LogP contribution in [0.25, 0.3) is 0 Å². The van der Waals surface area contributed by atoms with Gasteiger partial charge in [0.25, 0.3) is 0 Å². The van der Waals surface area contributed by atoms with E-state index in [0.29, 0.717) is 13.2 Å². The molecule has 0 aliphatic carbocycles. The van der Waals surface area contributed by atoms with Gasteiger partial charge >= 0.3 is 5.97 Å². The van der Waals surface area contributed by atoms with Crippen molar-refractivity contribution in [3.05, 3.63) is 0 Å². The molecule has 1 atom stereocenters. The van der Waals surface area contributed by atoms with Crippen LogP contribution >= 0.6 is 0 Å². The molecule has 0 amide bonds. The molecular formula is C10H22N2O2. The van der Waals surface area contributed by atoms with E-state index in [0.717, 1.165) is 13.1 Å². The maximum absolute atomic E-state index is 11.2. The van der Waals surface area contributed by atoms with Gasteiger partial charge in [0.15, 0.2) is 0 Å². The highest BCUT2D eigenvalue weighted by Gasteiger charge is 2.12. The zero-order chi connectivity index (χ0) is 11.0. The second-order valence-electron chi connectivity index (χ2n) is 3.66. The molecule has 0 heterocycles. The summed E-state index contributed by atoms with van der Waals surface area (Å²) >= 11 is 0. The molecule has 0 aromatic carbocycles. The highest BCUT2D eigenvalue weighted by Crippen LogP contribution is 1.96. The van der Waals surface area contributed by atoms with E-state index in [1.807, 2.05) is 27.9 Å². The number of esters is 1. The number of carbonyl (C=O) groups is 1. The lowest BCUT2D eigenvalue weighted by Crippen LogP contribution is -2.32. The molecule has 0 aliphatic heterocycles. The predicted molar refractivity (Wildman–Crippen MR) is 57.2 cm³/mol. The van der Waals surface area contributed by atoms with Crippen LogP contribution in [0.1, 0.15) is 13.8 Å². The van der Waals surface area contributed by atoms with Crippen molar-refractivity contribution in [1.29, 1.82) is 0 Å². The molecule has 0 saturated carbocycles. The van der Waals surface area contributed by atoms with Gasteiger partial charge in [0, 0.05) is 19.6 Å². The molecule has 1 unspecified atom stereocenters. The molecule has 0 spiro atoms. The molecule has 0 bridgehead atoms. The smallest absolute Gasteiger partial charge is 0.309 e. The zero-order valence-electron chi connectivity index (χ0n) is 9.67. The Bertz CT molecular complexity index is 160. The summed E-state index contributed by atoms with van der Waals surface area (Å²) < 4.78 is 4.89. The number of ether oxygens (including phenoxy) is 1. The molecule has 0 rings (SSSR count). The van der Waals surface area contributed by atoms with E-state index in [1.54, 1.807) is 0 Å². The van der Waals surface area contributed by atoms with Crippen LogP contribution in [0.3, 0.4) is 0 Å². The second kappa shape index (κ2) is 7.76. The monoisotopic (exact) mass is 202 g/mol. The lowest BCUT2D eigenvalue weighted by atomic mass is 10.2. The van der Waals surface area contributed by atoms with E-state index in [9.17, 15) is 4.79 Å². The van der Waals surface area contributed by atoms with Gasteiger partial charge < -0.3 is 15.0 Å². The van der Waals surface area contributed by atoms with Gasteiger partial charge in [0.2, 0.25) is 0 Å².